The Morgan fingerprint density at radius 3 is 2.63 bits per heavy atom. The average molecular weight is 365 g/mol. The molecule has 0 radical (unpaired) electrons. The van der Waals surface area contributed by atoms with Crippen LogP contribution in [0.3, 0.4) is 0 Å². The van der Waals surface area contributed by atoms with E-state index in [1.165, 1.54) is 0 Å². The van der Waals surface area contributed by atoms with Crippen LogP contribution in [0.1, 0.15) is 11.4 Å². The number of hydrogen-bond acceptors (Lipinski definition) is 5. The highest BCUT2D eigenvalue weighted by molar-refractivity contribution is 5.77. The first-order chi connectivity index (χ1) is 13.1. The second kappa shape index (κ2) is 7.22. The number of aryl methyl sites for hydroxylation is 2. The van der Waals surface area contributed by atoms with Gasteiger partial charge in [-0.1, -0.05) is 6.07 Å². The third-order valence-corrected chi connectivity index (χ3v) is 5.01. The van der Waals surface area contributed by atoms with Crippen LogP contribution in [0.2, 0.25) is 0 Å². The Bertz CT molecular complexity index is 945. The predicted octanol–water partition coefficient (Wildman–Crippen LogP) is 1.70. The van der Waals surface area contributed by atoms with Crippen LogP contribution >= 0.6 is 0 Å². The molecule has 0 bridgehead atoms. The van der Waals surface area contributed by atoms with E-state index in [1.54, 1.807) is 18.5 Å². The van der Waals surface area contributed by atoms with Crippen LogP contribution in [0.25, 0.3) is 11.0 Å². The minimum atomic E-state index is -0.0408. The summed E-state index contributed by atoms with van der Waals surface area (Å²) in [6.45, 7) is 5.26. The van der Waals surface area contributed by atoms with Gasteiger partial charge in [0, 0.05) is 52.2 Å². The lowest BCUT2D eigenvalue weighted by Crippen LogP contribution is -2.52. The van der Waals surface area contributed by atoms with E-state index in [2.05, 4.69) is 35.8 Å². The Labute approximate surface area is 157 Å². The Morgan fingerprint density at radius 1 is 1.15 bits per heavy atom. The SMILES string of the molecule is Cc1nc2cc(CNC(=O)N3CCN(c4ncccn4)CC3)ccc2n1C. The van der Waals surface area contributed by atoms with Crippen LogP contribution in [0.15, 0.2) is 36.7 Å². The van der Waals surface area contributed by atoms with Crippen LogP contribution in [-0.2, 0) is 13.6 Å². The van der Waals surface area contributed by atoms with Crippen molar-refractivity contribution in [2.45, 2.75) is 13.5 Å². The first-order valence-electron chi connectivity index (χ1n) is 9.08. The van der Waals surface area contributed by atoms with Gasteiger partial charge in [-0.2, -0.15) is 0 Å². The normalized spacial score (nSPS) is 14.6. The van der Waals surface area contributed by atoms with E-state index in [0.717, 1.165) is 41.5 Å². The number of carbonyl (C=O) groups excluding carboxylic acids is 1. The van der Waals surface area contributed by atoms with E-state index in [-0.39, 0.29) is 6.03 Å². The maximum Gasteiger partial charge on any atom is 0.317 e. The van der Waals surface area contributed by atoms with Gasteiger partial charge >= 0.3 is 6.03 Å². The lowest BCUT2D eigenvalue weighted by atomic mass is 10.2. The Kier molecular flexibility index (Phi) is 4.62. The molecule has 0 atom stereocenters. The van der Waals surface area contributed by atoms with Gasteiger partial charge in [0.2, 0.25) is 5.95 Å². The topological polar surface area (TPSA) is 79.2 Å². The highest BCUT2D eigenvalue weighted by atomic mass is 16.2. The molecule has 27 heavy (non-hydrogen) atoms. The number of amides is 2. The number of piperazine rings is 1. The summed E-state index contributed by atoms with van der Waals surface area (Å²) in [6.07, 6.45) is 3.47. The van der Waals surface area contributed by atoms with E-state index >= 15 is 0 Å². The smallest absolute Gasteiger partial charge is 0.317 e. The van der Waals surface area contributed by atoms with Crippen molar-refractivity contribution in [1.82, 2.24) is 29.7 Å². The quantitative estimate of drug-likeness (QED) is 0.764. The molecule has 1 fully saturated rings. The second-order valence-electron chi connectivity index (χ2n) is 6.72. The predicted molar refractivity (Wildman–Crippen MR) is 104 cm³/mol. The summed E-state index contributed by atoms with van der Waals surface area (Å²) in [5.74, 6) is 1.70. The molecule has 0 saturated carbocycles. The molecule has 1 aliphatic rings. The number of carbonyl (C=O) groups is 1. The number of nitrogens with one attached hydrogen (secondary N) is 1. The van der Waals surface area contributed by atoms with Crippen molar-refractivity contribution in [3.05, 3.63) is 48.0 Å². The van der Waals surface area contributed by atoms with Gasteiger partial charge in [0.25, 0.3) is 0 Å². The third kappa shape index (κ3) is 3.55. The molecule has 2 aromatic heterocycles. The molecular weight excluding hydrogens is 342 g/mol. The highest BCUT2D eigenvalue weighted by Crippen LogP contribution is 2.16. The van der Waals surface area contributed by atoms with E-state index < -0.39 is 0 Å². The van der Waals surface area contributed by atoms with Crippen LogP contribution in [0.5, 0.6) is 0 Å². The number of imidazole rings is 1. The number of hydrogen-bond donors (Lipinski definition) is 1. The third-order valence-electron chi connectivity index (χ3n) is 5.01. The monoisotopic (exact) mass is 365 g/mol. The van der Waals surface area contributed by atoms with Gasteiger partial charge in [-0.15, -0.1) is 0 Å². The summed E-state index contributed by atoms with van der Waals surface area (Å²) in [6, 6.07) is 7.88. The van der Waals surface area contributed by atoms with Crippen molar-refractivity contribution >= 4 is 23.0 Å². The van der Waals surface area contributed by atoms with Crippen LogP contribution < -0.4 is 10.2 Å². The fourth-order valence-electron chi connectivity index (χ4n) is 3.33. The molecule has 0 unspecified atom stereocenters. The van der Waals surface area contributed by atoms with Crippen LogP contribution in [0, 0.1) is 6.92 Å². The Hall–Kier alpha value is -3.16. The van der Waals surface area contributed by atoms with Crippen molar-refractivity contribution in [1.29, 1.82) is 0 Å². The molecule has 8 nitrogen and oxygen atoms in total. The zero-order chi connectivity index (χ0) is 18.8. The molecule has 8 heteroatoms. The summed E-state index contributed by atoms with van der Waals surface area (Å²) < 4.78 is 2.06. The number of fused-ring (bicyclic) bond motifs is 1. The average Bonchev–Trinajstić information content (AvgIpc) is 3.00. The highest BCUT2D eigenvalue weighted by Gasteiger charge is 2.22. The van der Waals surface area contributed by atoms with Gasteiger partial charge < -0.3 is 19.7 Å². The largest absolute Gasteiger partial charge is 0.337 e. The lowest BCUT2D eigenvalue weighted by Gasteiger charge is -2.34. The van der Waals surface area contributed by atoms with Crippen molar-refractivity contribution in [3.8, 4) is 0 Å². The van der Waals surface area contributed by atoms with E-state index in [1.807, 2.05) is 31.0 Å². The number of anilines is 1. The minimum absolute atomic E-state index is 0.0408. The zero-order valence-corrected chi connectivity index (χ0v) is 15.6. The maximum absolute atomic E-state index is 12.5. The van der Waals surface area contributed by atoms with Crippen molar-refractivity contribution in [2.24, 2.45) is 7.05 Å². The summed E-state index contributed by atoms with van der Waals surface area (Å²) in [7, 11) is 2.01. The van der Waals surface area contributed by atoms with E-state index in [9.17, 15) is 4.79 Å². The molecular formula is C19H23N7O. The van der Waals surface area contributed by atoms with Gasteiger partial charge in [-0.25, -0.2) is 19.7 Å². The van der Waals surface area contributed by atoms with E-state index in [4.69, 9.17) is 0 Å². The number of benzene rings is 1. The molecule has 2 amide bonds. The van der Waals surface area contributed by atoms with E-state index in [0.29, 0.717) is 19.6 Å². The molecule has 140 valence electrons. The fraction of sp³-hybridized carbons (Fsp3) is 0.368. The standard InChI is InChI=1S/C19H23N7O/c1-14-23-16-12-15(4-5-17(16)24(14)2)13-22-19(27)26-10-8-25(9-11-26)18-20-6-3-7-21-18/h3-7,12H,8-11,13H2,1-2H3,(H,22,27). The maximum atomic E-state index is 12.5. The van der Waals surface area contributed by atoms with Crippen molar-refractivity contribution in [2.75, 3.05) is 31.1 Å². The zero-order valence-electron chi connectivity index (χ0n) is 15.6. The van der Waals surface area contributed by atoms with Gasteiger partial charge in [0.05, 0.1) is 11.0 Å². The number of aromatic nitrogens is 4. The van der Waals surface area contributed by atoms with Gasteiger partial charge in [0.15, 0.2) is 0 Å². The van der Waals surface area contributed by atoms with Crippen molar-refractivity contribution in [3.63, 3.8) is 0 Å². The number of nitrogens with zero attached hydrogens (tertiary/aromatic N) is 6. The van der Waals surface area contributed by atoms with Gasteiger partial charge in [-0.3, -0.25) is 0 Å². The molecule has 1 aromatic carbocycles. The molecule has 4 rings (SSSR count). The fourth-order valence-corrected chi connectivity index (χ4v) is 3.33. The van der Waals surface area contributed by atoms with Crippen LogP contribution in [-0.4, -0.2) is 56.6 Å². The summed E-state index contributed by atoms with van der Waals surface area (Å²) in [4.78, 5) is 29.5. The minimum Gasteiger partial charge on any atom is -0.337 e. The molecule has 1 N–H and O–H groups in total. The van der Waals surface area contributed by atoms with Crippen molar-refractivity contribution < 1.29 is 4.79 Å². The molecule has 0 spiro atoms. The molecule has 1 saturated heterocycles. The summed E-state index contributed by atoms with van der Waals surface area (Å²) in [5, 5.41) is 3.01. The second-order valence-corrected chi connectivity index (χ2v) is 6.72. The summed E-state index contributed by atoms with van der Waals surface area (Å²) in [5.41, 5.74) is 3.10. The van der Waals surface area contributed by atoms with Gasteiger partial charge in [-0.05, 0) is 30.7 Å². The number of rotatable bonds is 3. The molecule has 0 aliphatic carbocycles. The van der Waals surface area contributed by atoms with Crippen LogP contribution in [0.4, 0.5) is 10.7 Å². The lowest BCUT2D eigenvalue weighted by molar-refractivity contribution is 0.193. The molecule has 1 aliphatic heterocycles. The van der Waals surface area contributed by atoms with Gasteiger partial charge in [0.1, 0.15) is 5.82 Å². The molecule has 3 heterocycles. The summed E-state index contributed by atoms with van der Waals surface area (Å²) >= 11 is 0. The first-order valence-corrected chi connectivity index (χ1v) is 9.08. The molecule has 3 aromatic rings. The first kappa shape index (κ1) is 17.3. The Morgan fingerprint density at radius 2 is 1.89 bits per heavy atom. The number of urea groups is 1. The Balaban J connectivity index is 1.32.